The minimum Gasteiger partial charge on any atom is -0.273 e. The van der Waals surface area contributed by atoms with Crippen molar-refractivity contribution in [2.24, 2.45) is 5.10 Å². The number of rotatable bonds is 9. The Labute approximate surface area is 128 Å². The molecular formula is C18H26N2O. The van der Waals surface area contributed by atoms with Crippen LogP contribution in [0.1, 0.15) is 69.9 Å². The van der Waals surface area contributed by atoms with Crippen molar-refractivity contribution >= 4 is 12.1 Å². The van der Waals surface area contributed by atoms with Crippen LogP contribution in [0.25, 0.3) is 0 Å². The Morgan fingerprint density at radius 2 is 1.81 bits per heavy atom. The molecule has 0 aliphatic carbocycles. The minimum atomic E-state index is 0.101. The van der Waals surface area contributed by atoms with Crippen molar-refractivity contribution in [3.05, 3.63) is 35.9 Å². The van der Waals surface area contributed by atoms with E-state index in [1.807, 2.05) is 18.2 Å². The van der Waals surface area contributed by atoms with Crippen LogP contribution in [-0.2, 0) is 4.79 Å². The Morgan fingerprint density at radius 1 is 1.10 bits per heavy atom. The van der Waals surface area contributed by atoms with Crippen LogP contribution < -0.4 is 0 Å². The van der Waals surface area contributed by atoms with Crippen molar-refractivity contribution < 1.29 is 4.79 Å². The number of hydrogen-bond acceptors (Lipinski definition) is 2. The van der Waals surface area contributed by atoms with Crippen molar-refractivity contribution in [1.29, 1.82) is 0 Å². The Morgan fingerprint density at radius 3 is 2.48 bits per heavy atom. The molecule has 1 atom stereocenters. The predicted molar refractivity (Wildman–Crippen MR) is 87.1 cm³/mol. The van der Waals surface area contributed by atoms with Gasteiger partial charge in [0.25, 0.3) is 0 Å². The molecular weight excluding hydrogens is 260 g/mol. The molecule has 1 aromatic carbocycles. The second-order valence-electron chi connectivity index (χ2n) is 5.72. The van der Waals surface area contributed by atoms with Gasteiger partial charge in [-0.2, -0.15) is 5.10 Å². The molecule has 0 radical (unpaired) electrons. The molecule has 0 saturated heterocycles. The van der Waals surface area contributed by atoms with Gasteiger partial charge in [0.15, 0.2) is 0 Å². The fourth-order valence-electron chi connectivity index (χ4n) is 2.84. The molecule has 1 aromatic rings. The highest BCUT2D eigenvalue weighted by molar-refractivity contribution is 5.94. The van der Waals surface area contributed by atoms with E-state index in [-0.39, 0.29) is 11.9 Å². The lowest BCUT2D eigenvalue weighted by atomic mass is 9.99. The van der Waals surface area contributed by atoms with Crippen LogP contribution in [0.15, 0.2) is 35.4 Å². The summed E-state index contributed by atoms with van der Waals surface area (Å²) in [5.74, 6) is 0.120. The van der Waals surface area contributed by atoms with Crippen LogP contribution in [0, 0.1) is 0 Å². The van der Waals surface area contributed by atoms with E-state index < -0.39 is 0 Å². The molecule has 3 heteroatoms. The smallest absolute Gasteiger partial charge is 0.248 e. The fraction of sp³-hybridized carbons (Fsp3) is 0.556. The topological polar surface area (TPSA) is 32.7 Å². The number of benzene rings is 1. The zero-order chi connectivity index (χ0) is 14.9. The molecule has 1 unspecified atom stereocenters. The van der Waals surface area contributed by atoms with Crippen molar-refractivity contribution in [1.82, 2.24) is 5.01 Å². The van der Waals surface area contributed by atoms with E-state index in [1.54, 1.807) is 11.2 Å². The molecule has 0 fully saturated rings. The summed E-state index contributed by atoms with van der Waals surface area (Å²) >= 11 is 0. The zero-order valence-electron chi connectivity index (χ0n) is 13.0. The Balaban J connectivity index is 1.90. The number of carbonyl (C=O) groups is 1. The van der Waals surface area contributed by atoms with Gasteiger partial charge in [-0.15, -0.1) is 0 Å². The van der Waals surface area contributed by atoms with Crippen molar-refractivity contribution in [3.63, 3.8) is 0 Å². The first kappa shape index (κ1) is 15.7. The Bertz CT molecular complexity index is 456. The largest absolute Gasteiger partial charge is 0.273 e. The van der Waals surface area contributed by atoms with Crippen LogP contribution in [0.3, 0.4) is 0 Å². The van der Waals surface area contributed by atoms with E-state index in [0.29, 0.717) is 6.42 Å². The quantitative estimate of drug-likeness (QED) is 0.606. The highest BCUT2D eigenvalue weighted by Gasteiger charge is 2.26. The van der Waals surface area contributed by atoms with Gasteiger partial charge in [-0.3, -0.25) is 4.79 Å². The molecule has 1 heterocycles. The lowest BCUT2D eigenvalue weighted by molar-refractivity contribution is -0.131. The summed E-state index contributed by atoms with van der Waals surface area (Å²) in [7, 11) is 0. The van der Waals surface area contributed by atoms with Gasteiger partial charge in [0, 0.05) is 6.21 Å². The fourth-order valence-corrected chi connectivity index (χ4v) is 2.84. The lowest BCUT2D eigenvalue weighted by Crippen LogP contribution is -2.26. The van der Waals surface area contributed by atoms with E-state index in [2.05, 4.69) is 24.2 Å². The van der Waals surface area contributed by atoms with Gasteiger partial charge < -0.3 is 0 Å². The van der Waals surface area contributed by atoms with Gasteiger partial charge in [0.05, 0.1) is 12.5 Å². The summed E-state index contributed by atoms with van der Waals surface area (Å²) in [5.41, 5.74) is 1.19. The molecule has 0 N–H and O–H groups in total. The summed E-state index contributed by atoms with van der Waals surface area (Å²) in [6.45, 7) is 2.24. The molecule has 0 saturated carbocycles. The molecule has 1 aliphatic rings. The normalized spacial score (nSPS) is 15.7. The maximum Gasteiger partial charge on any atom is 0.248 e. The van der Waals surface area contributed by atoms with Crippen LogP contribution in [-0.4, -0.2) is 17.1 Å². The van der Waals surface area contributed by atoms with E-state index in [9.17, 15) is 4.79 Å². The molecule has 1 aliphatic heterocycles. The third-order valence-electron chi connectivity index (χ3n) is 4.04. The Kier molecular flexibility index (Phi) is 6.45. The first-order valence-corrected chi connectivity index (χ1v) is 8.22. The monoisotopic (exact) mass is 286 g/mol. The predicted octanol–water partition coefficient (Wildman–Crippen LogP) is 4.70. The van der Waals surface area contributed by atoms with Crippen molar-refractivity contribution in [3.8, 4) is 0 Å². The highest BCUT2D eigenvalue weighted by Crippen LogP contribution is 2.29. The molecule has 0 spiro atoms. The van der Waals surface area contributed by atoms with Crippen LogP contribution in [0.4, 0.5) is 0 Å². The lowest BCUT2D eigenvalue weighted by Gasteiger charge is -2.25. The van der Waals surface area contributed by atoms with Crippen molar-refractivity contribution in [2.75, 3.05) is 0 Å². The minimum absolute atomic E-state index is 0.101. The summed E-state index contributed by atoms with van der Waals surface area (Å²) in [6, 6.07) is 10.4. The van der Waals surface area contributed by atoms with Gasteiger partial charge in [0.2, 0.25) is 5.91 Å². The number of carbonyl (C=O) groups excluding carboxylic acids is 1. The zero-order valence-corrected chi connectivity index (χ0v) is 13.0. The van der Waals surface area contributed by atoms with Crippen LogP contribution >= 0.6 is 0 Å². The molecule has 2 rings (SSSR count). The molecule has 114 valence electrons. The summed E-state index contributed by atoms with van der Waals surface area (Å²) in [6.07, 6.45) is 10.8. The molecule has 1 amide bonds. The first-order valence-electron chi connectivity index (χ1n) is 8.22. The standard InChI is InChI=1S/C18H26N2O/c1-2-3-4-5-6-10-13-17(16-11-8-7-9-12-16)20-18(21)14-15-19-20/h7-9,11-12,15,17H,2-6,10,13-14H2,1H3. The highest BCUT2D eigenvalue weighted by atomic mass is 16.2. The van der Waals surface area contributed by atoms with Gasteiger partial charge >= 0.3 is 0 Å². The van der Waals surface area contributed by atoms with Gasteiger partial charge in [-0.05, 0) is 12.0 Å². The van der Waals surface area contributed by atoms with Gasteiger partial charge in [0.1, 0.15) is 0 Å². The SMILES string of the molecule is CCCCCCCCC(c1ccccc1)N1N=CCC1=O. The summed E-state index contributed by atoms with van der Waals surface area (Å²) in [4.78, 5) is 12.0. The summed E-state index contributed by atoms with van der Waals surface area (Å²) < 4.78 is 0. The van der Waals surface area contributed by atoms with Crippen molar-refractivity contribution in [2.45, 2.75) is 64.3 Å². The first-order chi connectivity index (χ1) is 10.3. The van der Waals surface area contributed by atoms with Gasteiger partial charge in [-0.1, -0.05) is 75.8 Å². The third kappa shape index (κ3) is 4.69. The van der Waals surface area contributed by atoms with E-state index >= 15 is 0 Å². The van der Waals surface area contributed by atoms with Crippen LogP contribution in [0.2, 0.25) is 0 Å². The van der Waals surface area contributed by atoms with E-state index in [0.717, 1.165) is 12.8 Å². The number of amides is 1. The number of nitrogens with zero attached hydrogens (tertiary/aromatic N) is 2. The van der Waals surface area contributed by atoms with E-state index in [1.165, 1.54) is 37.7 Å². The molecule has 0 aromatic heterocycles. The maximum atomic E-state index is 12.0. The second kappa shape index (κ2) is 8.60. The molecule has 0 bridgehead atoms. The molecule has 3 nitrogen and oxygen atoms in total. The average Bonchev–Trinajstić information content (AvgIpc) is 2.93. The maximum absolute atomic E-state index is 12.0. The third-order valence-corrected chi connectivity index (χ3v) is 4.04. The summed E-state index contributed by atoms with van der Waals surface area (Å²) in [5, 5.41) is 5.96. The Hall–Kier alpha value is -1.64. The van der Waals surface area contributed by atoms with Crippen LogP contribution in [0.5, 0.6) is 0 Å². The second-order valence-corrected chi connectivity index (χ2v) is 5.72. The molecule has 21 heavy (non-hydrogen) atoms. The number of hydrogen-bond donors (Lipinski definition) is 0. The number of hydrazone groups is 1. The van der Waals surface area contributed by atoms with Gasteiger partial charge in [-0.25, -0.2) is 5.01 Å². The average molecular weight is 286 g/mol. The van der Waals surface area contributed by atoms with E-state index in [4.69, 9.17) is 0 Å². The number of unbranched alkanes of at least 4 members (excludes halogenated alkanes) is 5.